The van der Waals surface area contributed by atoms with Crippen LogP contribution in [0.1, 0.15) is 24.8 Å². The number of hydrogen-bond donors (Lipinski definition) is 1. The van der Waals surface area contributed by atoms with Crippen LogP contribution in [0, 0.1) is 21.4 Å². The summed E-state index contributed by atoms with van der Waals surface area (Å²) in [5.41, 5.74) is 0.409. The van der Waals surface area contributed by atoms with Crippen LogP contribution in [0.4, 0.5) is 11.4 Å². The van der Waals surface area contributed by atoms with Crippen molar-refractivity contribution in [3.63, 3.8) is 0 Å². The minimum Gasteiger partial charge on any atom is -0.378 e. The third-order valence-electron chi connectivity index (χ3n) is 3.64. The summed E-state index contributed by atoms with van der Waals surface area (Å²) in [5, 5.41) is 23.2. The van der Waals surface area contributed by atoms with E-state index in [0.717, 1.165) is 12.8 Å². The molecule has 1 aromatic carbocycles. The Morgan fingerprint density at radius 3 is 2.79 bits per heavy atom. The lowest BCUT2D eigenvalue weighted by atomic mass is 9.84. The molecule has 5 nitrogen and oxygen atoms in total. The number of nitriles is 1. The first kappa shape index (κ1) is 13.7. The van der Waals surface area contributed by atoms with Crippen molar-refractivity contribution in [3.05, 3.63) is 33.9 Å². The van der Waals surface area contributed by atoms with Crippen molar-refractivity contribution in [2.24, 2.45) is 0 Å². The van der Waals surface area contributed by atoms with Gasteiger partial charge >= 0.3 is 5.69 Å². The Balaban J connectivity index is 2.21. The second-order valence-electron chi connectivity index (χ2n) is 4.66. The van der Waals surface area contributed by atoms with E-state index >= 15 is 0 Å². The van der Waals surface area contributed by atoms with Crippen molar-refractivity contribution < 1.29 is 4.92 Å². The molecule has 2 rings (SSSR count). The van der Waals surface area contributed by atoms with Gasteiger partial charge in [-0.25, -0.2) is 0 Å². The van der Waals surface area contributed by atoms with E-state index in [1.807, 2.05) is 6.07 Å². The van der Waals surface area contributed by atoms with Gasteiger partial charge in [0, 0.05) is 11.3 Å². The van der Waals surface area contributed by atoms with Crippen LogP contribution in [0.15, 0.2) is 18.2 Å². The lowest BCUT2D eigenvalue weighted by Gasteiger charge is -2.40. The number of nitro groups is 1. The molecule has 1 aromatic rings. The Morgan fingerprint density at radius 1 is 1.58 bits per heavy atom. The molecule has 19 heavy (non-hydrogen) atoms. The van der Waals surface area contributed by atoms with Crippen molar-refractivity contribution in [1.82, 2.24) is 0 Å². The van der Waals surface area contributed by atoms with Gasteiger partial charge in [-0.2, -0.15) is 17.0 Å². The molecule has 100 valence electrons. The fourth-order valence-electron chi connectivity index (χ4n) is 2.25. The fraction of sp³-hybridized carbons (Fsp3) is 0.462. The number of nitrogens with one attached hydrogen (secondary N) is 1. The van der Waals surface area contributed by atoms with E-state index in [1.165, 1.54) is 12.5 Å². The largest absolute Gasteiger partial charge is 0.378 e. The average Bonchev–Trinajstić information content (AvgIpc) is 2.37. The highest BCUT2D eigenvalue weighted by Gasteiger charge is 2.36. The molecule has 1 saturated carbocycles. The van der Waals surface area contributed by atoms with Gasteiger partial charge in [-0.3, -0.25) is 10.1 Å². The quantitative estimate of drug-likeness (QED) is 0.660. The summed E-state index contributed by atoms with van der Waals surface area (Å²) in [6, 6.07) is 6.66. The number of anilines is 1. The van der Waals surface area contributed by atoms with Gasteiger partial charge in [0.15, 0.2) is 0 Å². The van der Waals surface area contributed by atoms with Crippen molar-refractivity contribution in [1.29, 1.82) is 5.26 Å². The number of rotatable bonds is 5. The topological polar surface area (TPSA) is 79.0 Å². The van der Waals surface area contributed by atoms with E-state index in [1.54, 1.807) is 23.9 Å². The van der Waals surface area contributed by atoms with Crippen LogP contribution < -0.4 is 5.32 Å². The second-order valence-corrected chi connectivity index (χ2v) is 5.94. The predicted molar refractivity (Wildman–Crippen MR) is 76.4 cm³/mol. The summed E-state index contributed by atoms with van der Waals surface area (Å²) in [6.45, 7) is 0.698. The Labute approximate surface area is 116 Å². The van der Waals surface area contributed by atoms with Gasteiger partial charge in [-0.1, -0.05) is 12.5 Å². The molecule has 1 aliphatic rings. The average molecular weight is 277 g/mol. The molecule has 0 bridgehead atoms. The SMILES string of the molecule is CSC1(CNc2cccc(C#N)c2[N+](=O)[O-])CCC1. The zero-order chi connectivity index (χ0) is 13.9. The second kappa shape index (κ2) is 5.49. The molecular formula is C13H15N3O2S. The highest BCUT2D eigenvalue weighted by Crippen LogP contribution is 2.43. The summed E-state index contributed by atoms with van der Waals surface area (Å²) in [7, 11) is 0. The maximum atomic E-state index is 11.1. The highest BCUT2D eigenvalue weighted by molar-refractivity contribution is 8.00. The highest BCUT2D eigenvalue weighted by atomic mass is 32.2. The maximum absolute atomic E-state index is 11.1. The lowest BCUT2D eigenvalue weighted by molar-refractivity contribution is -0.384. The molecule has 0 aliphatic heterocycles. The number of hydrogen-bond acceptors (Lipinski definition) is 5. The standard InChI is InChI=1S/C13H15N3O2S/c1-19-13(6-3-7-13)9-15-11-5-2-4-10(8-14)12(11)16(17)18/h2,4-5,15H,3,6-7,9H2,1H3. The molecular weight excluding hydrogens is 262 g/mol. The number of nitrogens with zero attached hydrogens (tertiary/aromatic N) is 2. The Bertz CT molecular complexity index is 530. The third-order valence-corrected chi connectivity index (χ3v) is 5.06. The Morgan fingerprint density at radius 2 is 2.32 bits per heavy atom. The smallest absolute Gasteiger partial charge is 0.309 e. The predicted octanol–water partition coefficient (Wildman–Crippen LogP) is 3.16. The molecule has 1 fully saturated rings. The van der Waals surface area contributed by atoms with Crippen LogP contribution in [0.5, 0.6) is 0 Å². The zero-order valence-corrected chi connectivity index (χ0v) is 11.5. The van der Waals surface area contributed by atoms with Gasteiger partial charge in [0.25, 0.3) is 0 Å². The maximum Gasteiger partial charge on any atom is 0.309 e. The molecule has 0 radical (unpaired) electrons. The molecule has 1 aliphatic carbocycles. The fourth-order valence-corrected chi connectivity index (χ4v) is 3.17. The van der Waals surface area contributed by atoms with Crippen LogP contribution >= 0.6 is 11.8 Å². The summed E-state index contributed by atoms with van der Waals surface area (Å²) in [4.78, 5) is 10.6. The Kier molecular flexibility index (Phi) is 3.96. The minimum atomic E-state index is -0.493. The van der Waals surface area contributed by atoms with E-state index in [-0.39, 0.29) is 16.0 Å². The minimum absolute atomic E-state index is 0.0989. The van der Waals surface area contributed by atoms with Gasteiger partial charge in [-0.15, -0.1) is 0 Å². The normalized spacial score (nSPS) is 16.2. The van der Waals surface area contributed by atoms with Gasteiger partial charge in [0.05, 0.1) is 4.92 Å². The van der Waals surface area contributed by atoms with Crippen LogP contribution in [-0.2, 0) is 0 Å². The van der Waals surface area contributed by atoms with E-state index in [0.29, 0.717) is 12.2 Å². The van der Waals surface area contributed by atoms with E-state index in [9.17, 15) is 10.1 Å². The molecule has 0 amide bonds. The van der Waals surface area contributed by atoms with Gasteiger partial charge < -0.3 is 5.32 Å². The molecule has 0 aromatic heterocycles. The van der Waals surface area contributed by atoms with Crippen molar-refractivity contribution >= 4 is 23.1 Å². The van der Waals surface area contributed by atoms with E-state index in [2.05, 4.69) is 11.6 Å². The van der Waals surface area contributed by atoms with Crippen LogP contribution in [0.3, 0.4) is 0 Å². The molecule has 0 saturated heterocycles. The first-order chi connectivity index (χ1) is 9.12. The summed E-state index contributed by atoms with van der Waals surface area (Å²) in [6.07, 6.45) is 5.55. The zero-order valence-electron chi connectivity index (χ0n) is 10.7. The van der Waals surface area contributed by atoms with Gasteiger partial charge in [-0.05, 0) is 31.2 Å². The third kappa shape index (κ3) is 2.66. The van der Waals surface area contributed by atoms with Crippen molar-refractivity contribution in [3.8, 4) is 6.07 Å². The molecule has 6 heteroatoms. The summed E-state index contributed by atoms with van der Waals surface area (Å²) in [5.74, 6) is 0. The number of para-hydroxylation sites is 1. The number of benzene rings is 1. The molecule has 0 spiro atoms. The number of thioether (sulfide) groups is 1. The lowest BCUT2D eigenvalue weighted by Crippen LogP contribution is -2.40. The van der Waals surface area contributed by atoms with Gasteiger partial charge in [0.2, 0.25) is 0 Å². The summed E-state index contributed by atoms with van der Waals surface area (Å²) < 4.78 is 0.191. The Hall–Kier alpha value is -1.74. The van der Waals surface area contributed by atoms with Crippen molar-refractivity contribution in [2.75, 3.05) is 18.1 Å². The number of nitro benzene ring substituents is 1. The van der Waals surface area contributed by atoms with E-state index < -0.39 is 4.92 Å². The summed E-state index contributed by atoms with van der Waals surface area (Å²) >= 11 is 1.81. The monoisotopic (exact) mass is 277 g/mol. The molecule has 0 atom stereocenters. The van der Waals surface area contributed by atoms with Crippen LogP contribution in [0.25, 0.3) is 0 Å². The first-order valence-corrected chi connectivity index (χ1v) is 7.31. The molecule has 1 N–H and O–H groups in total. The first-order valence-electron chi connectivity index (χ1n) is 6.08. The van der Waals surface area contributed by atoms with Crippen molar-refractivity contribution in [2.45, 2.75) is 24.0 Å². The molecule has 0 unspecified atom stereocenters. The van der Waals surface area contributed by atoms with Gasteiger partial charge in [0.1, 0.15) is 17.3 Å². The van der Waals surface area contributed by atoms with E-state index in [4.69, 9.17) is 5.26 Å². The van der Waals surface area contributed by atoms with Crippen LogP contribution in [0.2, 0.25) is 0 Å². The van der Waals surface area contributed by atoms with Crippen LogP contribution in [-0.4, -0.2) is 22.5 Å². The molecule has 0 heterocycles.